The second-order valence-electron chi connectivity index (χ2n) is 5.65. The van der Waals surface area contributed by atoms with Crippen molar-refractivity contribution in [3.05, 3.63) is 0 Å². The summed E-state index contributed by atoms with van der Waals surface area (Å²) in [6.07, 6.45) is 8.81. The van der Waals surface area contributed by atoms with Gasteiger partial charge >= 0.3 is 104 Å². The van der Waals surface area contributed by atoms with E-state index in [9.17, 15) is 0 Å². The molecular weight excluding hydrogens is 195 g/mol. The third-order valence-corrected chi connectivity index (χ3v) is 4.51. The summed E-state index contributed by atoms with van der Waals surface area (Å²) in [5.74, 6) is 1.82. The third-order valence-electron chi connectivity index (χ3n) is 2.88. The van der Waals surface area contributed by atoms with Crippen LogP contribution in [0.4, 0.5) is 0 Å². The normalized spacial score (nSPS) is 11.1. The van der Waals surface area contributed by atoms with Crippen LogP contribution < -0.4 is 0 Å². The van der Waals surface area contributed by atoms with Gasteiger partial charge in [0.2, 0.25) is 0 Å². The van der Waals surface area contributed by atoms with Crippen LogP contribution in [0.5, 0.6) is 0 Å². The molecule has 0 atom stereocenters. The molecule has 0 fully saturated rings. The monoisotopic (exact) mass is 225 g/mol. The van der Waals surface area contributed by atoms with Crippen LogP contribution in [0.25, 0.3) is 0 Å². The Hall–Kier alpha value is 0.532. The molecule has 0 bridgehead atoms. The van der Waals surface area contributed by atoms with E-state index in [0.717, 1.165) is 27.1 Å². The second-order valence-corrected chi connectivity index (χ2v) is 7.38. The first-order valence-electron chi connectivity index (χ1n) is 6.94. The standard InChI is InChI=1S/2C7H15.Al/c2*1-4-5-6-7(2)3;/h2*7H,1,4-6H2,2-3H3;/q;;+1. The van der Waals surface area contributed by atoms with Gasteiger partial charge in [-0.25, -0.2) is 0 Å². The first kappa shape index (κ1) is 15.5. The maximum atomic E-state index is 2.33. The topological polar surface area (TPSA) is 0 Å². The summed E-state index contributed by atoms with van der Waals surface area (Å²) >= 11 is 0.780. The van der Waals surface area contributed by atoms with Crippen molar-refractivity contribution < 1.29 is 0 Å². The van der Waals surface area contributed by atoms with Crippen LogP contribution in [-0.4, -0.2) is 15.2 Å². The molecule has 0 radical (unpaired) electrons. The summed E-state index contributed by atoms with van der Waals surface area (Å²) in [6, 6.07) is 0. The number of hydrogen-bond acceptors (Lipinski definition) is 0. The second kappa shape index (κ2) is 11.0. The molecular formula is C14H30Al+. The van der Waals surface area contributed by atoms with E-state index >= 15 is 0 Å². The van der Waals surface area contributed by atoms with E-state index in [0.29, 0.717) is 0 Å². The predicted molar refractivity (Wildman–Crippen MR) is 72.7 cm³/mol. The van der Waals surface area contributed by atoms with Crippen LogP contribution in [0.2, 0.25) is 10.6 Å². The number of hydrogen-bond donors (Lipinski definition) is 0. The molecule has 0 saturated heterocycles. The fraction of sp³-hybridized carbons (Fsp3) is 1.00. The van der Waals surface area contributed by atoms with Gasteiger partial charge in [-0.15, -0.1) is 0 Å². The molecule has 0 aliphatic carbocycles. The molecule has 0 saturated carbocycles. The van der Waals surface area contributed by atoms with E-state index in [1.807, 2.05) is 0 Å². The van der Waals surface area contributed by atoms with Crippen molar-refractivity contribution in [2.75, 3.05) is 0 Å². The van der Waals surface area contributed by atoms with Crippen LogP contribution in [0.3, 0.4) is 0 Å². The molecule has 1 heteroatoms. The molecule has 0 aliphatic rings. The van der Waals surface area contributed by atoms with E-state index in [2.05, 4.69) is 27.7 Å². The Labute approximate surface area is 104 Å². The Morgan fingerprint density at radius 2 is 1.07 bits per heavy atom. The minimum absolute atomic E-state index is 0.780. The zero-order valence-corrected chi connectivity index (χ0v) is 12.5. The Morgan fingerprint density at radius 3 is 1.40 bits per heavy atom. The van der Waals surface area contributed by atoms with E-state index in [-0.39, 0.29) is 0 Å². The van der Waals surface area contributed by atoms with E-state index in [1.54, 1.807) is 10.6 Å². The van der Waals surface area contributed by atoms with Gasteiger partial charge in [0.05, 0.1) is 0 Å². The zero-order chi connectivity index (χ0) is 11.5. The fourth-order valence-electron chi connectivity index (χ4n) is 1.83. The SMILES string of the molecule is CC(C)CCC[CH2][Al+][CH2]CCCC(C)C. The van der Waals surface area contributed by atoms with Gasteiger partial charge in [-0.3, -0.25) is 0 Å². The predicted octanol–water partition coefficient (Wildman–Crippen LogP) is 5.18. The van der Waals surface area contributed by atoms with Crippen molar-refractivity contribution in [3.8, 4) is 0 Å². The Balaban J connectivity index is 2.93. The summed E-state index contributed by atoms with van der Waals surface area (Å²) in [6.45, 7) is 9.33. The molecule has 0 rings (SSSR count). The summed E-state index contributed by atoms with van der Waals surface area (Å²) in [5, 5.41) is 3.10. The van der Waals surface area contributed by atoms with Crippen molar-refractivity contribution in [1.29, 1.82) is 0 Å². The summed E-state index contributed by atoms with van der Waals surface area (Å²) < 4.78 is 0. The minimum atomic E-state index is 0.780. The average Bonchev–Trinajstić information content (AvgIpc) is 2.14. The van der Waals surface area contributed by atoms with E-state index in [1.165, 1.54) is 38.5 Å². The molecule has 0 aromatic carbocycles. The van der Waals surface area contributed by atoms with Crippen LogP contribution in [0.1, 0.15) is 66.2 Å². The molecule has 0 heterocycles. The molecule has 0 amide bonds. The van der Waals surface area contributed by atoms with Crippen LogP contribution in [0, 0.1) is 11.8 Å². The fourth-order valence-corrected chi connectivity index (χ4v) is 3.27. The van der Waals surface area contributed by atoms with Crippen LogP contribution >= 0.6 is 0 Å². The van der Waals surface area contributed by atoms with Crippen molar-refractivity contribution in [2.45, 2.75) is 76.8 Å². The molecule has 0 aromatic rings. The summed E-state index contributed by atoms with van der Waals surface area (Å²) in [4.78, 5) is 0. The van der Waals surface area contributed by atoms with Crippen molar-refractivity contribution >= 4 is 15.2 Å². The van der Waals surface area contributed by atoms with Crippen LogP contribution in [0.15, 0.2) is 0 Å². The number of unbranched alkanes of at least 4 members (excludes halogenated alkanes) is 2. The summed E-state index contributed by atoms with van der Waals surface area (Å²) in [5.41, 5.74) is 0. The van der Waals surface area contributed by atoms with E-state index < -0.39 is 0 Å². The Morgan fingerprint density at radius 1 is 0.667 bits per heavy atom. The molecule has 0 N–H and O–H groups in total. The first-order chi connectivity index (χ1) is 7.13. The molecule has 15 heavy (non-hydrogen) atoms. The van der Waals surface area contributed by atoms with Crippen molar-refractivity contribution in [3.63, 3.8) is 0 Å². The molecule has 0 nitrogen and oxygen atoms in total. The Kier molecular flexibility index (Phi) is 11.4. The first-order valence-corrected chi connectivity index (χ1v) is 8.58. The van der Waals surface area contributed by atoms with Crippen molar-refractivity contribution in [1.82, 2.24) is 0 Å². The van der Waals surface area contributed by atoms with Gasteiger partial charge < -0.3 is 0 Å². The van der Waals surface area contributed by atoms with Gasteiger partial charge in [0, 0.05) is 0 Å². The van der Waals surface area contributed by atoms with Gasteiger partial charge in [-0.2, -0.15) is 0 Å². The molecule has 0 unspecified atom stereocenters. The molecule has 0 aliphatic heterocycles. The van der Waals surface area contributed by atoms with Crippen LogP contribution in [-0.2, 0) is 0 Å². The van der Waals surface area contributed by atoms with Crippen molar-refractivity contribution in [2.24, 2.45) is 11.8 Å². The quantitative estimate of drug-likeness (QED) is 0.355. The molecule has 0 aromatic heterocycles. The van der Waals surface area contributed by atoms with Gasteiger partial charge in [-0.1, -0.05) is 0 Å². The van der Waals surface area contributed by atoms with Gasteiger partial charge in [0.1, 0.15) is 0 Å². The average molecular weight is 225 g/mol. The number of rotatable bonds is 10. The van der Waals surface area contributed by atoms with Gasteiger partial charge in [0.25, 0.3) is 0 Å². The van der Waals surface area contributed by atoms with Gasteiger partial charge in [-0.05, 0) is 0 Å². The third kappa shape index (κ3) is 14.5. The zero-order valence-electron chi connectivity index (χ0n) is 11.4. The van der Waals surface area contributed by atoms with E-state index in [4.69, 9.17) is 0 Å². The molecule has 0 spiro atoms. The van der Waals surface area contributed by atoms with Gasteiger partial charge in [0.15, 0.2) is 0 Å². The molecule has 88 valence electrons. The Bertz CT molecular complexity index is 105. The summed E-state index contributed by atoms with van der Waals surface area (Å²) in [7, 11) is 0. The maximum absolute atomic E-state index is 2.33.